The van der Waals surface area contributed by atoms with E-state index in [-0.39, 0.29) is 24.1 Å². The second kappa shape index (κ2) is 7.31. The average molecular weight is 369 g/mol. The van der Waals surface area contributed by atoms with Crippen LogP contribution in [0.4, 0.5) is 4.79 Å². The van der Waals surface area contributed by atoms with E-state index in [1.165, 1.54) is 16.0 Å². The molecule has 1 saturated heterocycles. The molecule has 7 heteroatoms. The van der Waals surface area contributed by atoms with Gasteiger partial charge in [-0.05, 0) is 36.9 Å². The van der Waals surface area contributed by atoms with Crippen LogP contribution >= 0.6 is 0 Å². The molecule has 0 aliphatic carbocycles. The van der Waals surface area contributed by atoms with Crippen LogP contribution in [0.3, 0.4) is 0 Å². The Morgan fingerprint density at radius 3 is 2.63 bits per heavy atom. The molecule has 1 aromatic carbocycles. The van der Waals surface area contributed by atoms with Crippen LogP contribution in [0.2, 0.25) is 0 Å². The van der Waals surface area contributed by atoms with Crippen molar-refractivity contribution in [1.29, 1.82) is 0 Å². The summed E-state index contributed by atoms with van der Waals surface area (Å²) < 4.78 is 0. The van der Waals surface area contributed by atoms with E-state index >= 15 is 0 Å². The van der Waals surface area contributed by atoms with Gasteiger partial charge in [0.05, 0.1) is 6.34 Å². The fourth-order valence-electron chi connectivity index (χ4n) is 4.27. The molecule has 0 bridgehead atoms. The summed E-state index contributed by atoms with van der Waals surface area (Å²) in [4.78, 5) is 36.2. The van der Waals surface area contributed by atoms with Crippen molar-refractivity contribution in [2.75, 3.05) is 33.7 Å². The largest absolute Gasteiger partial charge is 0.347 e. The van der Waals surface area contributed by atoms with Crippen LogP contribution in [-0.2, 0) is 17.8 Å². The molecule has 1 fully saturated rings. The Hall–Kier alpha value is -2.41. The van der Waals surface area contributed by atoms with Gasteiger partial charge in [0.2, 0.25) is 0 Å². The van der Waals surface area contributed by atoms with Crippen molar-refractivity contribution in [3.05, 3.63) is 35.4 Å². The van der Waals surface area contributed by atoms with E-state index < -0.39 is 0 Å². The van der Waals surface area contributed by atoms with Crippen LogP contribution in [0.1, 0.15) is 24.0 Å². The number of nitrogens with zero attached hydrogens (tertiary/aromatic N) is 5. The molecule has 27 heavy (non-hydrogen) atoms. The fraction of sp³-hybridized carbons (Fsp3) is 0.550. The molecule has 0 saturated carbocycles. The van der Waals surface area contributed by atoms with E-state index in [9.17, 15) is 9.59 Å². The number of carbonyl (C=O) groups excluding carboxylic acids is 2. The van der Waals surface area contributed by atoms with Gasteiger partial charge in [-0.2, -0.15) is 0 Å². The normalized spacial score (nSPS) is 25.2. The maximum atomic E-state index is 12.5. The molecule has 3 amide bonds. The van der Waals surface area contributed by atoms with Crippen molar-refractivity contribution in [2.24, 2.45) is 4.99 Å². The standard InChI is InChI=1S/C20H27N5O2/c1-22-18-17(19(26)23(2)20(22)27)25(14-21-18)11-6-5-10-24-12-9-15-7-3-4-8-16(15)13-24/h3-4,7-8,14,17-18H,5-6,9-13H2,1-2H3. The van der Waals surface area contributed by atoms with Crippen molar-refractivity contribution in [2.45, 2.75) is 38.0 Å². The first-order chi connectivity index (χ1) is 13.1. The minimum atomic E-state index is -0.389. The maximum absolute atomic E-state index is 12.5. The SMILES string of the molecule is CN1C(=O)C2C(N=CN2CCCCN2CCc3ccccc3C2)N(C)C1=O. The van der Waals surface area contributed by atoms with Crippen LogP contribution in [-0.4, -0.2) is 83.8 Å². The molecule has 0 N–H and O–H groups in total. The maximum Gasteiger partial charge on any atom is 0.328 e. The predicted molar refractivity (Wildman–Crippen MR) is 103 cm³/mol. The molecule has 144 valence electrons. The summed E-state index contributed by atoms with van der Waals surface area (Å²) in [5, 5.41) is 0. The van der Waals surface area contributed by atoms with Gasteiger partial charge >= 0.3 is 6.03 Å². The van der Waals surface area contributed by atoms with E-state index in [0.29, 0.717) is 0 Å². The third-order valence-corrected chi connectivity index (χ3v) is 5.93. The smallest absolute Gasteiger partial charge is 0.328 e. The van der Waals surface area contributed by atoms with E-state index in [1.54, 1.807) is 25.3 Å². The Labute approximate surface area is 160 Å². The average Bonchev–Trinajstić information content (AvgIpc) is 3.12. The molecule has 0 spiro atoms. The highest BCUT2D eigenvalue weighted by Gasteiger charge is 2.48. The number of benzene rings is 1. The Bertz CT molecular complexity index is 764. The first kappa shape index (κ1) is 18.0. The minimum Gasteiger partial charge on any atom is -0.347 e. The zero-order valence-corrected chi connectivity index (χ0v) is 16.0. The monoisotopic (exact) mass is 369 g/mol. The van der Waals surface area contributed by atoms with Gasteiger partial charge < -0.3 is 9.80 Å². The number of urea groups is 1. The lowest BCUT2D eigenvalue weighted by Gasteiger charge is -2.39. The van der Waals surface area contributed by atoms with E-state index in [1.807, 2.05) is 4.90 Å². The lowest BCUT2D eigenvalue weighted by molar-refractivity contribution is -0.136. The summed E-state index contributed by atoms with van der Waals surface area (Å²) in [6, 6.07) is 8.03. The molecule has 0 aromatic heterocycles. The number of carbonyl (C=O) groups is 2. The fourth-order valence-corrected chi connectivity index (χ4v) is 4.27. The van der Waals surface area contributed by atoms with E-state index in [4.69, 9.17) is 0 Å². The predicted octanol–water partition coefficient (Wildman–Crippen LogP) is 1.39. The van der Waals surface area contributed by atoms with Gasteiger partial charge in [0.1, 0.15) is 0 Å². The number of rotatable bonds is 5. The lowest BCUT2D eigenvalue weighted by atomic mass is 10.00. The van der Waals surface area contributed by atoms with Crippen LogP contribution in [0.25, 0.3) is 0 Å². The van der Waals surface area contributed by atoms with Crippen molar-refractivity contribution < 1.29 is 9.59 Å². The number of hydrogen-bond acceptors (Lipinski definition) is 5. The van der Waals surface area contributed by atoms with Crippen LogP contribution in [0.5, 0.6) is 0 Å². The third kappa shape index (κ3) is 3.32. The summed E-state index contributed by atoms with van der Waals surface area (Å²) in [7, 11) is 3.25. The quantitative estimate of drug-likeness (QED) is 0.736. The molecule has 4 rings (SSSR count). The van der Waals surface area contributed by atoms with Gasteiger partial charge in [-0.25, -0.2) is 9.79 Å². The van der Waals surface area contributed by atoms with E-state index in [2.05, 4.69) is 34.2 Å². The van der Waals surface area contributed by atoms with Crippen molar-refractivity contribution >= 4 is 18.3 Å². The highest BCUT2D eigenvalue weighted by Crippen LogP contribution is 2.25. The van der Waals surface area contributed by atoms with Crippen LogP contribution < -0.4 is 0 Å². The molecule has 0 radical (unpaired) electrons. The van der Waals surface area contributed by atoms with Crippen molar-refractivity contribution in [3.8, 4) is 0 Å². The number of unbranched alkanes of at least 4 members (excludes halogenated alkanes) is 1. The topological polar surface area (TPSA) is 59.5 Å². The number of imide groups is 1. The molecule has 3 aliphatic heterocycles. The first-order valence-corrected chi connectivity index (χ1v) is 9.69. The van der Waals surface area contributed by atoms with Gasteiger partial charge in [-0.3, -0.25) is 14.6 Å². The summed E-state index contributed by atoms with van der Waals surface area (Å²) in [6.45, 7) is 4.00. The molecule has 2 atom stereocenters. The zero-order valence-electron chi connectivity index (χ0n) is 16.0. The molecular formula is C20H27N5O2. The molecule has 3 aliphatic rings. The second-order valence-corrected chi connectivity index (χ2v) is 7.65. The van der Waals surface area contributed by atoms with Gasteiger partial charge in [0.15, 0.2) is 12.2 Å². The Morgan fingerprint density at radius 2 is 1.81 bits per heavy atom. The molecular weight excluding hydrogens is 342 g/mol. The Kier molecular flexibility index (Phi) is 4.86. The van der Waals surface area contributed by atoms with Crippen LogP contribution in [0, 0.1) is 0 Å². The zero-order chi connectivity index (χ0) is 19.0. The summed E-state index contributed by atoms with van der Waals surface area (Å²) in [5.41, 5.74) is 2.92. The number of likely N-dealkylation sites (N-methyl/N-ethyl adjacent to an activating group) is 2. The van der Waals surface area contributed by atoms with E-state index in [0.717, 1.165) is 45.4 Å². The number of hydrogen-bond donors (Lipinski definition) is 0. The van der Waals surface area contributed by atoms with Gasteiger partial charge in [0, 0.05) is 33.7 Å². The first-order valence-electron chi connectivity index (χ1n) is 9.69. The van der Waals surface area contributed by atoms with Gasteiger partial charge in [-0.15, -0.1) is 0 Å². The Morgan fingerprint density at radius 1 is 1.07 bits per heavy atom. The molecule has 2 unspecified atom stereocenters. The van der Waals surface area contributed by atoms with Crippen LogP contribution in [0.15, 0.2) is 29.3 Å². The summed E-state index contributed by atoms with van der Waals surface area (Å²) in [6.07, 6.45) is 4.57. The minimum absolute atomic E-state index is 0.159. The van der Waals surface area contributed by atoms with Crippen molar-refractivity contribution in [3.63, 3.8) is 0 Å². The van der Waals surface area contributed by atoms with Gasteiger partial charge in [-0.1, -0.05) is 24.3 Å². The number of fused-ring (bicyclic) bond motifs is 2. The van der Waals surface area contributed by atoms with Gasteiger partial charge in [0.25, 0.3) is 5.91 Å². The highest BCUT2D eigenvalue weighted by molar-refractivity contribution is 6.01. The second-order valence-electron chi connectivity index (χ2n) is 7.65. The molecule has 1 aromatic rings. The van der Waals surface area contributed by atoms with Crippen molar-refractivity contribution in [1.82, 2.24) is 19.6 Å². The third-order valence-electron chi connectivity index (χ3n) is 5.93. The lowest BCUT2D eigenvalue weighted by Crippen LogP contribution is -2.63. The number of amides is 3. The number of aliphatic imine (C=N–C) groups is 1. The summed E-state index contributed by atoms with van der Waals surface area (Å²) >= 11 is 0. The molecule has 7 nitrogen and oxygen atoms in total. The summed E-state index contributed by atoms with van der Waals surface area (Å²) in [5.74, 6) is -0.159. The Balaban J connectivity index is 1.26. The highest BCUT2D eigenvalue weighted by atomic mass is 16.2. The molecule has 3 heterocycles.